The first-order valence-corrected chi connectivity index (χ1v) is 7.98. The summed E-state index contributed by atoms with van der Waals surface area (Å²) in [6.45, 7) is 2.07. The lowest BCUT2D eigenvalue weighted by molar-refractivity contribution is -0.124. The van der Waals surface area contributed by atoms with E-state index in [1.807, 2.05) is 0 Å². The topological polar surface area (TPSA) is 40.6 Å². The van der Waals surface area contributed by atoms with Crippen LogP contribution in [0.4, 0.5) is 14.5 Å². The minimum Gasteiger partial charge on any atom is -0.324 e. The molecule has 1 atom stereocenters. The molecule has 1 aliphatic heterocycles. The molecule has 0 bridgehead atoms. The van der Waals surface area contributed by atoms with Gasteiger partial charge >= 0.3 is 0 Å². The number of thiophene rings is 1. The Morgan fingerprint density at radius 2 is 2.04 bits per heavy atom. The van der Waals surface area contributed by atoms with Crippen LogP contribution >= 0.6 is 11.3 Å². The first-order valence-electron chi connectivity index (χ1n) is 7.10. The van der Waals surface area contributed by atoms with Gasteiger partial charge in [-0.05, 0) is 30.5 Å². The molecule has 0 spiro atoms. The number of carbonyl (C=O) groups excluding carboxylic acids is 2. The number of hydrogen-bond acceptors (Lipinski definition) is 3. The van der Waals surface area contributed by atoms with Crippen molar-refractivity contribution >= 4 is 28.8 Å². The van der Waals surface area contributed by atoms with Gasteiger partial charge in [-0.2, -0.15) is 0 Å². The van der Waals surface area contributed by atoms with E-state index in [0.29, 0.717) is 11.4 Å². The van der Waals surface area contributed by atoms with E-state index in [1.54, 1.807) is 24.4 Å². The second-order valence-electron chi connectivity index (χ2n) is 5.24. The van der Waals surface area contributed by atoms with E-state index in [-0.39, 0.29) is 24.0 Å². The third-order valence-electron chi connectivity index (χ3n) is 3.85. The van der Waals surface area contributed by atoms with Crippen molar-refractivity contribution in [2.45, 2.75) is 13.0 Å². The Kier molecular flexibility index (Phi) is 4.12. The van der Waals surface area contributed by atoms with Crippen LogP contribution in [0.25, 0.3) is 0 Å². The highest BCUT2D eigenvalue weighted by Gasteiger charge is 2.36. The lowest BCUT2D eigenvalue weighted by atomic mass is 10.1. The van der Waals surface area contributed by atoms with Crippen LogP contribution in [0.1, 0.15) is 16.6 Å². The van der Waals surface area contributed by atoms with Crippen molar-refractivity contribution in [3.05, 3.63) is 52.2 Å². The van der Waals surface area contributed by atoms with Crippen molar-refractivity contribution in [2.75, 3.05) is 18.0 Å². The van der Waals surface area contributed by atoms with Crippen molar-refractivity contribution in [3.8, 4) is 0 Å². The van der Waals surface area contributed by atoms with Gasteiger partial charge in [-0.1, -0.05) is 6.07 Å². The Morgan fingerprint density at radius 1 is 1.26 bits per heavy atom. The molecular formula is C16H14F2N2O2S. The number of carbonyl (C=O) groups is 2. The zero-order valence-electron chi connectivity index (χ0n) is 12.3. The summed E-state index contributed by atoms with van der Waals surface area (Å²) in [6, 6.07) is 5.87. The van der Waals surface area contributed by atoms with Gasteiger partial charge in [0.25, 0.3) is 5.91 Å². The zero-order chi connectivity index (χ0) is 16.6. The highest BCUT2D eigenvalue weighted by molar-refractivity contribution is 7.12. The van der Waals surface area contributed by atoms with Crippen LogP contribution in [0.3, 0.4) is 0 Å². The minimum absolute atomic E-state index is 0.0338. The van der Waals surface area contributed by atoms with Crippen LogP contribution in [0.5, 0.6) is 0 Å². The maximum Gasteiger partial charge on any atom is 0.264 e. The quantitative estimate of drug-likeness (QED) is 0.846. The molecule has 1 unspecified atom stereocenters. The van der Waals surface area contributed by atoms with Crippen molar-refractivity contribution in [1.82, 2.24) is 4.90 Å². The second kappa shape index (κ2) is 6.08. The molecule has 1 aromatic heterocycles. The van der Waals surface area contributed by atoms with Crippen molar-refractivity contribution in [2.24, 2.45) is 0 Å². The van der Waals surface area contributed by atoms with Crippen molar-refractivity contribution in [1.29, 1.82) is 0 Å². The van der Waals surface area contributed by atoms with E-state index in [2.05, 4.69) is 0 Å². The van der Waals surface area contributed by atoms with Crippen LogP contribution in [0.15, 0.2) is 35.7 Å². The number of halogens is 2. The van der Waals surface area contributed by atoms with Gasteiger partial charge in [-0.25, -0.2) is 8.78 Å². The third-order valence-corrected chi connectivity index (χ3v) is 4.71. The van der Waals surface area contributed by atoms with E-state index < -0.39 is 17.7 Å². The van der Waals surface area contributed by atoms with E-state index >= 15 is 0 Å². The second-order valence-corrected chi connectivity index (χ2v) is 6.19. The van der Waals surface area contributed by atoms with Crippen LogP contribution in [-0.2, 0) is 4.79 Å². The number of rotatable bonds is 2. The summed E-state index contributed by atoms with van der Waals surface area (Å²) in [5.74, 6) is -2.08. The Morgan fingerprint density at radius 3 is 2.70 bits per heavy atom. The predicted octanol–water partition coefficient (Wildman–Crippen LogP) is 2.90. The predicted molar refractivity (Wildman–Crippen MR) is 83.5 cm³/mol. The first-order chi connectivity index (χ1) is 11.0. The minimum atomic E-state index is -0.788. The normalized spacial score (nSPS) is 18.4. The lowest BCUT2D eigenvalue weighted by Crippen LogP contribution is -2.57. The molecule has 2 heterocycles. The molecule has 3 rings (SSSR count). The monoisotopic (exact) mass is 336 g/mol. The molecule has 0 N–H and O–H groups in total. The molecule has 1 aliphatic rings. The summed E-state index contributed by atoms with van der Waals surface area (Å²) >= 11 is 1.31. The SMILES string of the molecule is CC1C(=O)N(c2ccc(F)cc2F)CCN1C(=O)c1cccs1. The number of benzene rings is 1. The molecule has 4 nitrogen and oxygen atoms in total. The zero-order valence-corrected chi connectivity index (χ0v) is 13.1. The summed E-state index contributed by atoms with van der Waals surface area (Å²) in [6.07, 6.45) is 0. The number of hydrogen-bond donors (Lipinski definition) is 0. The maximum atomic E-state index is 13.9. The lowest BCUT2D eigenvalue weighted by Gasteiger charge is -2.39. The van der Waals surface area contributed by atoms with Crippen LogP contribution in [0.2, 0.25) is 0 Å². The molecule has 1 fully saturated rings. The summed E-state index contributed by atoms with van der Waals surface area (Å²) in [5, 5.41) is 1.80. The molecule has 23 heavy (non-hydrogen) atoms. The molecule has 120 valence electrons. The summed E-state index contributed by atoms with van der Waals surface area (Å²) in [5.41, 5.74) is 0.0338. The van der Waals surface area contributed by atoms with Gasteiger partial charge in [0, 0.05) is 19.2 Å². The number of nitrogens with zero attached hydrogens (tertiary/aromatic N) is 2. The highest BCUT2D eigenvalue weighted by atomic mass is 32.1. The van der Waals surface area contributed by atoms with Gasteiger partial charge < -0.3 is 9.80 Å². The van der Waals surface area contributed by atoms with Crippen LogP contribution in [0, 0.1) is 11.6 Å². The van der Waals surface area contributed by atoms with Gasteiger partial charge in [0.2, 0.25) is 5.91 Å². The van der Waals surface area contributed by atoms with Crippen LogP contribution in [-0.4, -0.2) is 35.8 Å². The third kappa shape index (κ3) is 2.84. The number of amides is 2. The fraction of sp³-hybridized carbons (Fsp3) is 0.250. The van der Waals surface area contributed by atoms with E-state index in [0.717, 1.165) is 12.1 Å². The van der Waals surface area contributed by atoms with Crippen molar-refractivity contribution < 1.29 is 18.4 Å². The van der Waals surface area contributed by atoms with Gasteiger partial charge in [0.1, 0.15) is 17.7 Å². The highest BCUT2D eigenvalue weighted by Crippen LogP contribution is 2.25. The largest absolute Gasteiger partial charge is 0.324 e. The van der Waals surface area contributed by atoms with Crippen molar-refractivity contribution in [3.63, 3.8) is 0 Å². The Balaban J connectivity index is 1.82. The summed E-state index contributed by atoms with van der Waals surface area (Å²) < 4.78 is 26.9. The Bertz CT molecular complexity index is 749. The maximum absolute atomic E-state index is 13.9. The first kappa shape index (κ1) is 15.6. The smallest absolute Gasteiger partial charge is 0.264 e. The average molecular weight is 336 g/mol. The molecule has 0 saturated carbocycles. The molecule has 1 aromatic carbocycles. The van der Waals surface area contributed by atoms with Gasteiger partial charge in [0.05, 0.1) is 10.6 Å². The van der Waals surface area contributed by atoms with E-state index in [1.165, 1.54) is 27.2 Å². The summed E-state index contributed by atoms with van der Waals surface area (Å²) in [7, 11) is 0. The number of piperazine rings is 1. The molecule has 2 aromatic rings. The fourth-order valence-corrected chi connectivity index (χ4v) is 3.31. The van der Waals surface area contributed by atoms with Gasteiger partial charge in [0.15, 0.2) is 0 Å². The standard InChI is InChI=1S/C16H14F2N2O2S/c1-10-15(21)20(13-5-4-11(17)9-12(13)18)7-6-19(10)16(22)14-3-2-8-23-14/h2-5,8-10H,6-7H2,1H3. The molecule has 1 saturated heterocycles. The molecule has 0 aliphatic carbocycles. The van der Waals surface area contributed by atoms with E-state index in [4.69, 9.17) is 0 Å². The molecule has 7 heteroatoms. The molecule has 2 amide bonds. The average Bonchev–Trinajstić information content (AvgIpc) is 3.04. The molecular weight excluding hydrogens is 322 g/mol. The fourth-order valence-electron chi connectivity index (χ4n) is 2.63. The van der Waals surface area contributed by atoms with E-state index in [9.17, 15) is 18.4 Å². The van der Waals surface area contributed by atoms with Gasteiger partial charge in [-0.15, -0.1) is 11.3 Å². The number of anilines is 1. The summed E-state index contributed by atoms with van der Waals surface area (Å²) in [4.78, 5) is 28.2. The van der Waals surface area contributed by atoms with Crippen LogP contribution < -0.4 is 4.90 Å². The Labute approximate surface area is 135 Å². The van der Waals surface area contributed by atoms with Gasteiger partial charge in [-0.3, -0.25) is 9.59 Å². The molecule has 0 radical (unpaired) electrons. The Hall–Kier alpha value is -2.28.